The van der Waals surface area contributed by atoms with Gasteiger partial charge in [-0.25, -0.2) is 5.43 Å². The molecule has 0 fully saturated rings. The molecule has 3 N–H and O–H groups in total. The first-order valence-electron chi connectivity index (χ1n) is 6.13. The van der Waals surface area contributed by atoms with Crippen molar-refractivity contribution in [1.29, 1.82) is 0 Å². The summed E-state index contributed by atoms with van der Waals surface area (Å²) in [7, 11) is 0. The van der Waals surface area contributed by atoms with Crippen molar-refractivity contribution in [2.75, 3.05) is 24.6 Å². The maximum Gasteiger partial charge on any atom is 0.265 e. The second-order valence-corrected chi connectivity index (χ2v) is 3.87. The van der Waals surface area contributed by atoms with Crippen LogP contribution in [0.4, 0.5) is 5.69 Å². The molecule has 6 nitrogen and oxygen atoms in total. The van der Waals surface area contributed by atoms with Gasteiger partial charge in [-0.05, 0) is 26.0 Å². The van der Waals surface area contributed by atoms with Gasteiger partial charge < -0.3 is 15.1 Å². The molecule has 0 aliphatic heterocycles. The Morgan fingerprint density at radius 2 is 2.11 bits per heavy atom. The van der Waals surface area contributed by atoms with E-state index in [1.54, 1.807) is 12.1 Å². The van der Waals surface area contributed by atoms with E-state index in [9.17, 15) is 9.90 Å². The van der Waals surface area contributed by atoms with E-state index in [2.05, 4.69) is 15.4 Å². The van der Waals surface area contributed by atoms with Gasteiger partial charge in [0.05, 0.1) is 6.21 Å². The highest BCUT2D eigenvalue weighted by molar-refractivity contribution is 5.86. The van der Waals surface area contributed by atoms with E-state index in [0.717, 1.165) is 18.8 Å². The lowest BCUT2D eigenvalue weighted by Crippen LogP contribution is -2.21. The molecule has 0 radical (unpaired) electrons. The standard InChI is InChI=1S/C13H19N3O3/c1-3-16(4-2)11-6-5-10(12(18)7-11)8-14-15-13(19)9-17/h5-8,17-18H,3-4,9H2,1-2H3,(H,15,19)/b14-8-. The highest BCUT2D eigenvalue weighted by Gasteiger charge is 2.05. The molecule has 0 saturated carbocycles. The molecule has 0 heterocycles. The Balaban J connectivity index is 2.80. The molecule has 0 atom stereocenters. The number of carbonyl (C=O) groups excluding carboxylic acids is 1. The van der Waals surface area contributed by atoms with Crippen molar-refractivity contribution in [3.8, 4) is 5.75 Å². The van der Waals surface area contributed by atoms with Gasteiger partial charge in [-0.1, -0.05) is 0 Å². The van der Waals surface area contributed by atoms with Gasteiger partial charge in [0.15, 0.2) is 0 Å². The lowest BCUT2D eigenvalue weighted by Gasteiger charge is -2.21. The molecular weight excluding hydrogens is 246 g/mol. The van der Waals surface area contributed by atoms with Gasteiger partial charge in [0, 0.05) is 30.4 Å². The Bertz CT molecular complexity index is 456. The van der Waals surface area contributed by atoms with Crippen molar-refractivity contribution in [3.63, 3.8) is 0 Å². The molecule has 1 aromatic rings. The number of hydrazone groups is 1. The predicted octanol–water partition coefficient (Wildman–Crippen LogP) is 0.681. The largest absolute Gasteiger partial charge is 0.507 e. The number of aliphatic hydroxyl groups excluding tert-OH is 1. The summed E-state index contributed by atoms with van der Waals surface area (Å²) in [5.41, 5.74) is 3.55. The first-order valence-corrected chi connectivity index (χ1v) is 6.13. The van der Waals surface area contributed by atoms with Crippen LogP contribution in [0.3, 0.4) is 0 Å². The van der Waals surface area contributed by atoms with Crippen molar-refractivity contribution in [3.05, 3.63) is 23.8 Å². The zero-order chi connectivity index (χ0) is 14.3. The van der Waals surface area contributed by atoms with E-state index in [0.29, 0.717) is 5.56 Å². The lowest BCUT2D eigenvalue weighted by molar-refractivity contribution is -0.123. The van der Waals surface area contributed by atoms with Crippen LogP contribution < -0.4 is 10.3 Å². The maximum absolute atomic E-state index is 10.8. The number of hydrogen-bond acceptors (Lipinski definition) is 5. The van der Waals surface area contributed by atoms with Gasteiger partial charge >= 0.3 is 0 Å². The fourth-order valence-electron chi connectivity index (χ4n) is 1.64. The molecule has 0 aliphatic rings. The number of phenolic OH excluding ortho intramolecular Hbond substituents is 1. The van der Waals surface area contributed by atoms with Crippen molar-refractivity contribution < 1.29 is 15.0 Å². The van der Waals surface area contributed by atoms with Crippen molar-refractivity contribution in [2.45, 2.75) is 13.8 Å². The summed E-state index contributed by atoms with van der Waals surface area (Å²) in [6, 6.07) is 5.25. The molecule has 0 bridgehead atoms. The second-order valence-electron chi connectivity index (χ2n) is 3.87. The normalized spacial score (nSPS) is 10.7. The number of rotatable bonds is 6. The fourth-order valence-corrected chi connectivity index (χ4v) is 1.64. The number of anilines is 1. The van der Waals surface area contributed by atoms with E-state index in [1.165, 1.54) is 6.21 Å². The number of aliphatic hydroxyl groups is 1. The Morgan fingerprint density at radius 3 is 2.63 bits per heavy atom. The Hall–Kier alpha value is -2.08. The molecule has 6 heteroatoms. The van der Waals surface area contributed by atoms with E-state index in [-0.39, 0.29) is 5.75 Å². The summed E-state index contributed by atoms with van der Waals surface area (Å²) in [4.78, 5) is 12.9. The molecule has 0 saturated heterocycles. The summed E-state index contributed by atoms with van der Waals surface area (Å²) in [6.07, 6.45) is 1.33. The molecule has 0 unspecified atom stereocenters. The molecule has 104 valence electrons. The van der Waals surface area contributed by atoms with Crippen LogP contribution in [0.2, 0.25) is 0 Å². The molecule has 1 rings (SSSR count). The summed E-state index contributed by atoms with van der Waals surface area (Å²) in [5.74, 6) is -0.512. The number of phenols is 1. The van der Waals surface area contributed by atoms with Gasteiger partial charge in [-0.2, -0.15) is 5.10 Å². The third kappa shape index (κ3) is 4.26. The van der Waals surface area contributed by atoms with Crippen LogP contribution in [0.5, 0.6) is 5.75 Å². The van der Waals surface area contributed by atoms with E-state index in [1.807, 2.05) is 19.9 Å². The highest BCUT2D eigenvalue weighted by atomic mass is 16.3. The lowest BCUT2D eigenvalue weighted by atomic mass is 10.2. The third-order valence-corrected chi connectivity index (χ3v) is 2.68. The van der Waals surface area contributed by atoms with Gasteiger partial charge in [0.25, 0.3) is 5.91 Å². The van der Waals surface area contributed by atoms with Crippen molar-refractivity contribution >= 4 is 17.8 Å². The highest BCUT2D eigenvalue weighted by Crippen LogP contribution is 2.23. The first kappa shape index (κ1) is 15.0. The van der Waals surface area contributed by atoms with E-state index in [4.69, 9.17) is 5.11 Å². The summed E-state index contributed by atoms with van der Waals surface area (Å²) < 4.78 is 0. The summed E-state index contributed by atoms with van der Waals surface area (Å²) >= 11 is 0. The Labute approximate surface area is 112 Å². The van der Waals surface area contributed by atoms with Crippen LogP contribution in [0.25, 0.3) is 0 Å². The van der Waals surface area contributed by atoms with Crippen LogP contribution in [0.15, 0.2) is 23.3 Å². The van der Waals surface area contributed by atoms with Gasteiger partial charge in [-0.3, -0.25) is 4.79 Å². The van der Waals surface area contributed by atoms with E-state index < -0.39 is 12.5 Å². The SMILES string of the molecule is CCN(CC)c1ccc(/C=N\NC(=O)CO)c(O)c1. The monoisotopic (exact) mass is 265 g/mol. The van der Waals surface area contributed by atoms with Crippen LogP contribution in [-0.2, 0) is 4.79 Å². The third-order valence-electron chi connectivity index (χ3n) is 2.68. The van der Waals surface area contributed by atoms with Gasteiger partial charge in [0.2, 0.25) is 0 Å². The summed E-state index contributed by atoms with van der Waals surface area (Å²) in [5, 5.41) is 22.0. The van der Waals surface area contributed by atoms with E-state index >= 15 is 0 Å². The van der Waals surface area contributed by atoms with Crippen LogP contribution in [-0.4, -0.2) is 42.0 Å². The second kappa shape index (κ2) is 7.38. The minimum atomic E-state index is -0.621. The molecular formula is C13H19N3O3. The molecule has 19 heavy (non-hydrogen) atoms. The van der Waals surface area contributed by atoms with Crippen molar-refractivity contribution in [2.24, 2.45) is 5.10 Å². The Kier molecular flexibility index (Phi) is 5.81. The number of amides is 1. The minimum absolute atomic E-state index is 0.0893. The smallest absolute Gasteiger partial charge is 0.265 e. The quantitative estimate of drug-likeness (QED) is 0.521. The van der Waals surface area contributed by atoms with Crippen LogP contribution in [0.1, 0.15) is 19.4 Å². The van der Waals surface area contributed by atoms with Gasteiger partial charge in [-0.15, -0.1) is 0 Å². The molecule has 1 aromatic carbocycles. The topological polar surface area (TPSA) is 85.2 Å². The Morgan fingerprint density at radius 1 is 1.42 bits per heavy atom. The van der Waals surface area contributed by atoms with Crippen LogP contribution >= 0.6 is 0 Å². The zero-order valence-electron chi connectivity index (χ0n) is 11.1. The number of hydrogen-bond donors (Lipinski definition) is 3. The number of carbonyl (C=O) groups is 1. The minimum Gasteiger partial charge on any atom is -0.507 e. The number of aromatic hydroxyl groups is 1. The molecule has 0 spiro atoms. The number of benzene rings is 1. The number of nitrogens with one attached hydrogen (secondary N) is 1. The first-order chi connectivity index (χ1) is 9.12. The predicted molar refractivity (Wildman–Crippen MR) is 74.5 cm³/mol. The molecule has 0 aliphatic carbocycles. The van der Waals surface area contributed by atoms with Crippen molar-refractivity contribution in [1.82, 2.24) is 5.43 Å². The molecule has 0 aromatic heterocycles. The zero-order valence-corrected chi connectivity index (χ0v) is 11.1. The average molecular weight is 265 g/mol. The van der Waals surface area contributed by atoms with Crippen LogP contribution in [0, 0.1) is 0 Å². The molecule has 1 amide bonds. The maximum atomic E-state index is 10.8. The average Bonchev–Trinajstić information content (AvgIpc) is 2.42. The summed E-state index contributed by atoms with van der Waals surface area (Å²) in [6.45, 7) is 5.18. The number of nitrogens with zero attached hydrogens (tertiary/aromatic N) is 2. The fraction of sp³-hybridized carbons (Fsp3) is 0.385. The van der Waals surface area contributed by atoms with Gasteiger partial charge in [0.1, 0.15) is 12.4 Å².